The third-order valence-electron chi connectivity index (χ3n) is 2.94. The van der Waals surface area contributed by atoms with Crippen molar-refractivity contribution < 1.29 is 8.42 Å². The zero-order valence-corrected chi connectivity index (χ0v) is 12.2. The van der Waals surface area contributed by atoms with Crippen molar-refractivity contribution in [2.24, 2.45) is 0 Å². The van der Waals surface area contributed by atoms with Gasteiger partial charge in [-0.1, -0.05) is 6.07 Å². The van der Waals surface area contributed by atoms with Crippen LogP contribution >= 0.6 is 0 Å². The predicted octanol–water partition coefficient (Wildman–Crippen LogP) is 1.52. The van der Waals surface area contributed by atoms with Gasteiger partial charge in [-0.2, -0.15) is 5.26 Å². The minimum atomic E-state index is -3.33. The first-order chi connectivity index (χ1) is 10.1. The van der Waals surface area contributed by atoms with Crippen molar-refractivity contribution in [3.8, 4) is 6.07 Å². The van der Waals surface area contributed by atoms with Gasteiger partial charge in [0, 0.05) is 25.5 Å². The molecule has 0 spiro atoms. The molecule has 1 heterocycles. The summed E-state index contributed by atoms with van der Waals surface area (Å²) in [7, 11) is -3.33. The number of hydrogen-bond acceptors (Lipinski definition) is 5. The largest absolute Gasteiger partial charge is 0.312 e. The van der Waals surface area contributed by atoms with Gasteiger partial charge in [0.2, 0.25) is 0 Å². The smallest absolute Gasteiger partial charge is 0.179 e. The van der Waals surface area contributed by atoms with Crippen LogP contribution in [0.2, 0.25) is 0 Å². The van der Waals surface area contributed by atoms with E-state index in [1.807, 2.05) is 18.2 Å². The monoisotopic (exact) mass is 301 g/mol. The number of sulfone groups is 1. The lowest BCUT2D eigenvalue weighted by atomic mass is 10.2. The first kappa shape index (κ1) is 15.2. The highest BCUT2D eigenvalue weighted by atomic mass is 32.2. The summed E-state index contributed by atoms with van der Waals surface area (Å²) in [6.07, 6.45) is 3.43. The molecule has 0 radical (unpaired) electrons. The number of nitriles is 1. The molecule has 5 nitrogen and oxygen atoms in total. The van der Waals surface area contributed by atoms with Crippen LogP contribution in [0.4, 0.5) is 0 Å². The average Bonchev–Trinajstić information content (AvgIpc) is 2.53. The van der Waals surface area contributed by atoms with Gasteiger partial charge in [0.05, 0.1) is 22.3 Å². The standard InChI is InChI=1S/C15H15N3O2S/c16-10-13-3-5-15(6-4-13)21(19,20)9-8-18-12-14-2-1-7-17-11-14/h1-7,11,18H,8-9,12H2. The molecule has 6 heteroatoms. The fourth-order valence-corrected chi connectivity index (χ4v) is 3.00. The van der Waals surface area contributed by atoms with Crippen molar-refractivity contribution in [2.45, 2.75) is 11.4 Å². The Kier molecular flexibility index (Phi) is 5.04. The van der Waals surface area contributed by atoms with Gasteiger partial charge in [0.15, 0.2) is 9.84 Å². The molecule has 1 N–H and O–H groups in total. The summed E-state index contributed by atoms with van der Waals surface area (Å²) in [6, 6.07) is 11.7. The molecule has 108 valence electrons. The lowest BCUT2D eigenvalue weighted by Gasteiger charge is -2.06. The number of hydrogen-bond donors (Lipinski definition) is 1. The van der Waals surface area contributed by atoms with Crippen LogP contribution in [0.25, 0.3) is 0 Å². The van der Waals surface area contributed by atoms with E-state index in [1.54, 1.807) is 12.4 Å². The molecule has 0 saturated heterocycles. The van der Waals surface area contributed by atoms with E-state index in [2.05, 4.69) is 10.3 Å². The highest BCUT2D eigenvalue weighted by Crippen LogP contribution is 2.11. The number of aromatic nitrogens is 1. The molecule has 21 heavy (non-hydrogen) atoms. The summed E-state index contributed by atoms with van der Waals surface area (Å²) in [4.78, 5) is 4.23. The number of benzene rings is 1. The average molecular weight is 301 g/mol. The van der Waals surface area contributed by atoms with Gasteiger partial charge < -0.3 is 5.32 Å². The van der Waals surface area contributed by atoms with Crippen LogP contribution in [0.3, 0.4) is 0 Å². The summed E-state index contributed by atoms with van der Waals surface area (Å²) >= 11 is 0. The van der Waals surface area contributed by atoms with Crippen molar-refractivity contribution in [3.63, 3.8) is 0 Å². The highest BCUT2D eigenvalue weighted by Gasteiger charge is 2.13. The van der Waals surface area contributed by atoms with E-state index in [-0.39, 0.29) is 10.6 Å². The lowest BCUT2D eigenvalue weighted by Crippen LogP contribution is -2.22. The molecular weight excluding hydrogens is 286 g/mol. The second-order valence-electron chi connectivity index (χ2n) is 4.49. The third kappa shape index (κ3) is 4.38. The van der Waals surface area contributed by atoms with E-state index in [0.717, 1.165) is 5.56 Å². The van der Waals surface area contributed by atoms with E-state index >= 15 is 0 Å². The van der Waals surface area contributed by atoms with Crippen LogP contribution in [0.5, 0.6) is 0 Å². The first-order valence-corrected chi connectivity index (χ1v) is 8.09. The fourth-order valence-electron chi connectivity index (χ4n) is 1.80. The van der Waals surface area contributed by atoms with Crippen molar-refractivity contribution in [1.29, 1.82) is 5.26 Å². The Hall–Kier alpha value is -2.23. The lowest BCUT2D eigenvalue weighted by molar-refractivity contribution is 0.590. The van der Waals surface area contributed by atoms with Crippen molar-refractivity contribution in [2.75, 3.05) is 12.3 Å². The molecule has 2 aromatic rings. The Balaban J connectivity index is 1.88. The van der Waals surface area contributed by atoms with Crippen LogP contribution in [0.1, 0.15) is 11.1 Å². The van der Waals surface area contributed by atoms with E-state index < -0.39 is 9.84 Å². The molecule has 1 aromatic carbocycles. The Morgan fingerprint density at radius 3 is 2.57 bits per heavy atom. The molecule has 2 rings (SSSR count). The van der Waals surface area contributed by atoms with Crippen LogP contribution in [0, 0.1) is 11.3 Å². The molecule has 0 aliphatic heterocycles. The summed E-state index contributed by atoms with van der Waals surface area (Å²) in [5.41, 5.74) is 1.46. The maximum absolute atomic E-state index is 12.1. The summed E-state index contributed by atoms with van der Waals surface area (Å²) in [6.45, 7) is 0.938. The van der Waals surface area contributed by atoms with E-state index in [4.69, 9.17) is 5.26 Å². The SMILES string of the molecule is N#Cc1ccc(S(=O)(=O)CCNCc2cccnc2)cc1. The zero-order chi connectivity index (χ0) is 15.1. The summed E-state index contributed by atoms with van der Waals surface area (Å²) in [5.74, 6) is 0.0131. The maximum Gasteiger partial charge on any atom is 0.179 e. The van der Waals surface area contributed by atoms with Gasteiger partial charge in [0.25, 0.3) is 0 Å². The zero-order valence-electron chi connectivity index (χ0n) is 11.4. The molecule has 0 bridgehead atoms. The molecular formula is C15H15N3O2S. The number of pyridine rings is 1. The minimum Gasteiger partial charge on any atom is -0.312 e. The molecule has 0 aliphatic carbocycles. The first-order valence-electron chi connectivity index (χ1n) is 6.44. The quantitative estimate of drug-likeness (QED) is 0.818. The van der Waals surface area contributed by atoms with Crippen molar-refractivity contribution in [3.05, 3.63) is 59.9 Å². The Bertz CT molecular complexity index is 720. The summed E-state index contributed by atoms with van der Waals surface area (Å²) in [5, 5.41) is 11.8. The summed E-state index contributed by atoms with van der Waals surface area (Å²) < 4.78 is 24.2. The Labute approximate surface area is 124 Å². The topological polar surface area (TPSA) is 82.8 Å². The maximum atomic E-state index is 12.1. The van der Waals surface area contributed by atoms with E-state index in [1.165, 1.54) is 24.3 Å². The molecule has 1 aromatic heterocycles. The second kappa shape index (κ2) is 6.97. The van der Waals surface area contributed by atoms with Gasteiger partial charge in [0.1, 0.15) is 0 Å². The third-order valence-corrected chi connectivity index (χ3v) is 4.67. The van der Waals surface area contributed by atoms with Crippen molar-refractivity contribution in [1.82, 2.24) is 10.3 Å². The van der Waals surface area contributed by atoms with Crippen LogP contribution in [-0.2, 0) is 16.4 Å². The van der Waals surface area contributed by atoms with Gasteiger partial charge in [-0.05, 0) is 35.9 Å². The number of nitrogens with zero attached hydrogens (tertiary/aromatic N) is 2. The molecule has 0 atom stereocenters. The molecule has 0 aliphatic rings. The van der Waals surface area contributed by atoms with E-state index in [0.29, 0.717) is 18.7 Å². The molecule has 0 saturated carbocycles. The van der Waals surface area contributed by atoms with Crippen LogP contribution in [0.15, 0.2) is 53.7 Å². The van der Waals surface area contributed by atoms with E-state index in [9.17, 15) is 8.42 Å². The van der Waals surface area contributed by atoms with Crippen LogP contribution < -0.4 is 5.32 Å². The van der Waals surface area contributed by atoms with Gasteiger partial charge in [-0.25, -0.2) is 8.42 Å². The minimum absolute atomic E-state index is 0.0131. The van der Waals surface area contributed by atoms with Crippen LogP contribution in [-0.4, -0.2) is 25.7 Å². The second-order valence-corrected chi connectivity index (χ2v) is 6.60. The van der Waals surface area contributed by atoms with Gasteiger partial charge in [-0.15, -0.1) is 0 Å². The Morgan fingerprint density at radius 2 is 1.95 bits per heavy atom. The van der Waals surface area contributed by atoms with Gasteiger partial charge in [-0.3, -0.25) is 4.98 Å². The van der Waals surface area contributed by atoms with Gasteiger partial charge >= 0.3 is 0 Å². The Morgan fingerprint density at radius 1 is 1.19 bits per heavy atom. The highest BCUT2D eigenvalue weighted by molar-refractivity contribution is 7.91. The molecule has 0 unspecified atom stereocenters. The number of rotatable bonds is 6. The molecule has 0 amide bonds. The number of nitrogens with one attached hydrogen (secondary N) is 1. The predicted molar refractivity (Wildman–Crippen MR) is 79.2 cm³/mol. The normalized spacial score (nSPS) is 11.0. The fraction of sp³-hybridized carbons (Fsp3) is 0.200. The molecule has 0 fully saturated rings. The van der Waals surface area contributed by atoms with Crippen molar-refractivity contribution >= 4 is 9.84 Å².